The van der Waals surface area contributed by atoms with Crippen molar-refractivity contribution in [1.29, 1.82) is 0 Å². The lowest BCUT2D eigenvalue weighted by atomic mass is 10.3. The van der Waals surface area contributed by atoms with E-state index in [0.717, 1.165) is 0 Å². The number of ether oxygens (including phenoxy) is 3. The summed E-state index contributed by atoms with van der Waals surface area (Å²) >= 11 is 0. The number of carbonyl (C=O) groups is 1. The molecule has 1 N–H and O–H groups in total. The molecule has 3 rings (SSSR count). The minimum atomic E-state index is -0.594. The first-order chi connectivity index (χ1) is 10.7. The van der Waals surface area contributed by atoms with Crippen LogP contribution in [0.15, 0.2) is 36.9 Å². The molecule has 0 radical (unpaired) electrons. The molecule has 1 atom stereocenters. The molecule has 2 aromatic rings. The Morgan fingerprint density at radius 2 is 2.32 bits per heavy atom. The Kier molecular flexibility index (Phi) is 4.13. The van der Waals surface area contributed by atoms with Crippen LogP contribution in [0.4, 0.5) is 0 Å². The molecule has 1 aromatic heterocycles. The van der Waals surface area contributed by atoms with Crippen molar-refractivity contribution >= 4 is 5.91 Å². The molecule has 116 valence electrons. The van der Waals surface area contributed by atoms with Crippen molar-refractivity contribution in [2.45, 2.75) is 19.6 Å². The van der Waals surface area contributed by atoms with E-state index in [9.17, 15) is 4.79 Å². The van der Waals surface area contributed by atoms with Gasteiger partial charge in [-0.3, -0.25) is 4.79 Å². The number of hydrogen-bond donors (Lipinski definition) is 1. The van der Waals surface area contributed by atoms with E-state index in [1.165, 1.54) is 0 Å². The van der Waals surface area contributed by atoms with E-state index < -0.39 is 6.10 Å². The Labute approximate surface area is 127 Å². The normalized spacial score (nSPS) is 13.7. The Balaban J connectivity index is 1.48. The molecule has 0 saturated heterocycles. The first-order valence-electron chi connectivity index (χ1n) is 7.02. The SMILES string of the molecule is C[C@@H](Oc1ccc2c(c1)OCO2)C(=O)NCCn1ccnc1. The van der Waals surface area contributed by atoms with Gasteiger partial charge in [-0.15, -0.1) is 0 Å². The summed E-state index contributed by atoms with van der Waals surface area (Å²) < 4.78 is 18.0. The number of imidazole rings is 1. The number of fused-ring (bicyclic) bond motifs is 1. The van der Waals surface area contributed by atoms with E-state index >= 15 is 0 Å². The Hall–Kier alpha value is -2.70. The number of nitrogens with one attached hydrogen (secondary N) is 1. The lowest BCUT2D eigenvalue weighted by molar-refractivity contribution is -0.127. The molecule has 0 saturated carbocycles. The summed E-state index contributed by atoms with van der Waals surface area (Å²) in [7, 11) is 0. The van der Waals surface area contributed by atoms with Gasteiger partial charge >= 0.3 is 0 Å². The molecular weight excluding hydrogens is 286 g/mol. The molecule has 0 spiro atoms. The van der Waals surface area contributed by atoms with E-state index in [0.29, 0.717) is 30.3 Å². The highest BCUT2D eigenvalue weighted by molar-refractivity contribution is 5.80. The highest BCUT2D eigenvalue weighted by atomic mass is 16.7. The predicted octanol–water partition coefficient (Wildman–Crippen LogP) is 1.20. The van der Waals surface area contributed by atoms with Gasteiger partial charge in [0.25, 0.3) is 5.91 Å². The summed E-state index contributed by atoms with van der Waals surface area (Å²) in [5, 5.41) is 2.82. The van der Waals surface area contributed by atoms with Crippen molar-refractivity contribution in [2.24, 2.45) is 0 Å². The minimum absolute atomic E-state index is 0.169. The summed E-state index contributed by atoms with van der Waals surface area (Å²) in [4.78, 5) is 15.9. The monoisotopic (exact) mass is 303 g/mol. The van der Waals surface area contributed by atoms with E-state index in [4.69, 9.17) is 14.2 Å². The fourth-order valence-electron chi connectivity index (χ4n) is 2.08. The van der Waals surface area contributed by atoms with Crippen LogP contribution in [0.5, 0.6) is 17.2 Å². The second-order valence-corrected chi connectivity index (χ2v) is 4.87. The van der Waals surface area contributed by atoms with E-state index in [2.05, 4.69) is 10.3 Å². The second kappa shape index (κ2) is 6.38. The van der Waals surface area contributed by atoms with Crippen LogP contribution in [0.25, 0.3) is 0 Å². The highest BCUT2D eigenvalue weighted by Gasteiger charge is 2.17. The molecule has 0 unspecified atom stereocenters. The van der Waals surface area contributed by atoms with Crippen LogP contribution in [0.2, 0.25) is 0 Å². The van der Waals surface area contributed by atoms with E-state index in [1.807, 2.05) is 10.8 Å². The van der Waals surface area contributed by atoms with Crippen molar-refractivity contribution < 1.29 is 19.0 Å². The zero-order valence-electron chi connectivity index (χ0n) is 12.2. The molecule has 1 aliphatic rings. The summed E-state index contributed by atoms with van der Waals surface area (Å²) in [5.74, 6) is 1.72. The fraction of sp³-hybridized carbons (Fsp3) is 0.333. The smallest absolute Gasteiger partial charge is 0.260 e. The number of rotatable bonds is 6. The Morgan fingerprint density at radius 3 is 3.14 bits per heavy atom. The zero-order valence-corrected chi connectivity index (χ0v) is 12.2. The third kappa shape index (κ3) is 3.30. The Morgan fingerprint density at radius 1 is 1.45 bits per heavy atom. The number of aromatic nitrogens is 2. The van der Waals surface area contributed by atoms with Gasteiger partial charge < -0.3 is 24.1 Å². The number of hydrogen-bond acceptors (Lipinski definition) is 5. The van der Waals surface area contributed by atoms with Crippen LogP contribution < -0.4 is 19.5 Å². The van der Waals surface area contributed by atoms with Crippen LogP contribution in [0, 0.1) is 0 Å². The topological polar surface area (TPSA) is 74.6 Å². The van der Waals surface area contributed by atoms with Crippen molar-refractivity contribution in [2.75, 3.05) is 13.3 Å². The van der Waals surface area contributed by atoms with E-state index in [1.54, 1.807) is 37.6 Å². The predicted molar refractivity (Wildman–Crippen MR) is 77.9 cm³/mol. The molecule has 0 fully saturated rings. The van der Waals surface area contributed by atoms with Crippen molar-refractivity contribution in [3.8, 4) is 17.2 Å². The number of benzene rings is 1. The van der Waals surface area contributed by atoms with Crippen molar-refractivity contribution in [3.05, 3.63) is 36.9 Å². The first-order valence-corrected chi connectivity index (χ1v) is 7.02. The Bertz CT molecular complexity index is 642. The van der Waals surface area contributed by atoms with Gasteiger partial charge in [-0.25, -0.2) is 4.98 Å². The maximum absolute atomic E-state index is 12.0. The van der Waals surface area contributed by atoms with Gasteiger partial charge in [-0.05, 0) is 19.1 Å². The summed E-state index contributed by atoms with van der Waals surface area (Å²) in [6.45, 7) is 3.10. The van der Waals surface area contributed by atoms with Crippen LogP contribution in [-0.2, 0) is 11.3 Å². The van der Waals surface area contributed by atoms with Gasteiger partial charge in [0.1, 0.15) is 5.75 Å². The first kappa shape index (κ1) is 14.2. The number of amides is 1. The van der Waals surface area contributed by atoms with Gasteiger partial charge in [0.05, 0.1) is 6.33 Å². The molecule has 0 bridgehead atoms. The quantitative estimate of drug-likeness (QED) is 0.868. The molecule has 7 heteroatoms. The molecule has 22 heavy (non-hydrogen) atoms. The zero-order chi connectivity index (χ0) is 15.4. The van der Waals surface area contributed by atoms with Crippen LogP contribution in [0.3, 0.4) is 0 Å². The molecule has 2 heterocycles. The highest BCUT2D eigenvalue weighted by Crippen LogP contribution is 2.35. The fourth-order valence-corrected chi connectivity index (χ4v) is 2.08. The molecule has 1 amide bonds. The van der Waals surface area contributed by atoms with Crippen molar-refractivity contribution in [3.63, 3.8) is 0 Å². The lowest BCUT2D eigenvalue weighted by Gasteiger charge is -2.15. The average Bonchev–Trinajstić information content (AvgIpc) is 3.17. The third-order valence-electron chi connectivity index (χ3n) is 3.25. The maximum Gasteiger partial charge on any atom is 0.260 e. The molecule has 1 aliphatic heterocycles. The maximum atomic E-state index is 12.0. The summed E-state index contributed by atoms with van der Waals surface area (Å²) in [6, 6.07) is 5.24. The molecular formula is C15H17N3O4. The van der Waals surface area contributed by atoms with Gasteiger partial charge in [0.15, 0.2) is 17.6 Å². The lowest BCUT2D eigenvalue weighted by Crippen LogP contribution is -2.37. The van der Waals surface area contributed by atoms with Gasteiger partial charge in [-0.2, -0.15) is 0 Å². The third-order valence-corrected chi connectivity index (χ3v) is 3.25. The van der Waals surface area contributed by atoms with Gasteiger partial charge in [0, 0.05) is 31.5 Å². The van der Waals surface area contributed by atoms with Crippen molar-refractivity contribution in [1.82, 2.24) is 14.9 Å². The molecule has 1 aromatic carbocycles. The van der Waals surface area contributed by atoms with Gasteiger partial charge in [0.2, 0.25) is 6.79 Å². The number of nitrogens with zero attached hydrogens (tertiary/aromatic N) is 2. The molecule has 0 aliphatic carbocycles. The average molecular weight is 303 g/mol. The van der Waals surface area contributed by atoms with E-state index in [-0.39, 0.29) is 12.7 Å². The largest absolute Gasteiger partial charge is 0.481 e. The molecule has 7 nitrogen and oxygen atoms in total. The second-order valence-electron chi connectivity index (χ2n) is 4.87. The standard InChI is InChI=1S/C15H17N3O4/c1-11(15(19)17-5-7-18-6-4-16-9-18)22-12-2-3-13-14(8-12)21-10-20-13/h2-4,6,8-9,11H,5,7,10H2,1H3,(H,17,19)/t11-/m1/s1. The summed E-state index contributed by atoms with van der Waals surface area (Å²) in [6.07, 6.45) is 4.66. The minimum Gasteiger partial charge on any atom is -0.481 e. The van der Waals surface area contributed by atoms with Crippen LogP contribution in [0.1, 0.15) is 6.92 Å². The number of carbonyl (C=O) groups excluding carboxylic acids is 1. The van der Waals surface area contributed by atoms with Gasteiger partial charge in [-0.1, -0.05) is 0 Å². The van der Waals surface area contributed by atoms with Crippen LogP contribution >= 0.6 is 0 Å². The van der Waals surface area contributed by atoms with Crippen LogP contribution in [-0.4, -0.2) is 34.9 Å². The summed E-state index contributed by atoms with van der Waals surface area (Å²) in [5.41, 5.74) is 0.